The van der Waals surface area contributed by atoms with E-state index >= 15 is 0 Å². The van der Waals surface area contributed by atoms with E-state index in [-0.39, 0.29) is 0 Å². The largest absolute Gasteiger partial charge is 0.310 e. The van der Waals surface area contributed by atoms with Crippen LogP contribution in [0.25, 0.3) is 55.6 Å². The molecule has 0 atom stereocenters. The highest BCUT2D eigenvalue weighted by Gasteiger charge is 2.29. The maximum Gasteiger partial charge on any atom is 0.0488 e. The third-order valence-electron chi connectivity index (χ3n) is 19.4. The average Bonchev–Trinajstić information content (AvgIpc) is 1.53. The first-order valence-corrected chi connectivity index (χ1v) is 32.1. The minimum Gasteiger partial charge on any atom is -0.310 e. The van der Waals surface area contributed by atoms with Gasteiger partial charge in [-0.3, -0.25) is 0 Å². The Bertz CT molecular complexity index is 4550. The molecule has 14 aromatic rings. The van der Waals surface area contributed by atoms with E-state index < -0.39 is 0 Å². The van der Waals surface area contributed by atoms with Crippen molar-refractivity contribution in [2.75, 3.05) is 19.6 Å². The Labute approximate surface area is 538 Å². The molecule has 0 spiro atoms. The van der Waals surface area contributed by atoms with Crippen molar-refractivity contribution in [1.29, 1.82) is 0 Å². The minimum atomic E-state index is 0.886. The quantitative estimate of drug-likeness (QED) is 0.114. The summed E-state index contributed by atoms with van der Waals surface area (Å²) in [5.41, 5.74) is 36.3. The second-order valence-corrected chi connectivity index (χ2v) is 24.9. The van der Waals surface area contributed by atoms with Crippen LogP contribution in [0.1, 0.15) is 44.5 Å². The van der Waals surface area contributed by atoms with Crippen molar-refractivity contribution in [3.8, 4) is 55.6 Å². The van der Waals surface area contributed by atoms with Gasteiger partial charge in [0, 0.05) is 68.2 Å². The highest BCUT2D eigenvalue weighted by molar-refractivity contribution is 5.95. The summed E-state index contributed by atoms with van der Waals surface area (Å²) < 4.78 is 0. The molecule has 4 aliphatic carbocycles. The molecule has 0 N–H and O–H groups in total. The van der Waals surface area contributed by atoms with Crippen LogP contribution in [0.5, 0.6) is 0 Å². The second-order valence-electron chi connectivity index (χ2n) is 24.9. The molecule has 0 aromatic heterocycles. The van der Waals surface area contributed by atoms with Crippen molar-refractivity contribution in [2.24, 2.45) is 0 Å². The van der Waals surface area contributed by atoms with E-state index in [1.54, 1.807) is 0 Å². The van der Waals surface area contributed by atoms with Crippen molar-refractivity contribution >= 4 is 68.2 Å². The standard InChI is InChI=1S/C88H62N4/c1-5-25-69(26-6-1)89(73-37-41-85-65(53-73)45-59-21-13-17-33-81(59)85)77-49-63(50-78(57-77)90(70-27-7-2-8-28-70)74-38-42-86-66(54-74)46-60-22-14-18-34-82(60)86)64-51-79(91(71-29-9-3-10-30-71)75-39-43-87-67(55-75)47-61-23-15-19-35-83(61)87)58-80(52-64)92(72-31-11-4-12-32-72)76-40-44-88-68(56-76)48-62-24-16-20-36-84(62)88/h1-44,49-58H,45-48H2. The zero-order chi connectivity index (χ0) is 60.6. The lowest BCUT2D eigenvalue weighted by Gasteiger charge is -2.32. The van der Waals surface area contributed by atoms with Crippen LogP contribution in [0.2, 0.25) is 0 Å². The van der Waals surface area contributed by atoms with Crippen LogP contribution in [0.3, 0.4) is 0 Å². The average molecular weight is 1180 g/mol. The molecule has 0 radical (unpaired) electrons. The molecule has 92 heavy (non-hydrogen) atoms. The van der Waals surface area contributed by atoms with Gasteiger partial charge in [0.2, 0.25) is 0 Å². The number of benzene rings is 14. The normalized spacial score (nSPS) is 12.4. The summed E-state index contributed by atoms with van der Waals surface area (Å²) in [6.07, 6.45) is 3.54. The zero-order valence-corrected chi connectivity index (χ0v) is 50.8. The van der Waals surface area contributed by atoms with Gasteiger partial charge in [0.1, 0.15) is 0 Å². The number of nitrogens with zero attached hydrogens (tertiary/aromatic N) is 4. The number of fused-ring (bicyclic) bond motifs is 12. The predicted molar refractivity (Wildman–Crippen MR) is 384 cm³/mol. The van der Waals surface area contributed by atoms with Gasteiger partial charge in [-0.1, -0.05) is 194 Å². The van der Waals surface area contributed by atoms with Gasteiger partial charge >= 0.3 is 0 Å². The molecule has 4 aliphatic rings. The lowest BCUT2D eigenvalue weighted by Crippen LogP contribution is -2.15. The summed E-state index contributed by atoms with van der Waals surface area (Å²) in [4.78, 5) is 9.89. The van der Waals surface area contributed by atoms with Crippen molar-refractivity contribution in [3.63, 3.8) is 0 Å². The fourth-order valence-corrected chi connectivity index (χ4v) is 15.2. The topological polar surface area (TPSA) is 13.0 Å². The van der Waals surface area contributed by atoms with E-state index in [0.29, 0.717) is 0 Å². The Balaban J connectivity index is 0.896. The van der Waals surface area contributed by atoms with Crippen LogP contribution in [0.15, 0.2) is 328 Å². The SMILES string of the molecule is c1ccc(N(c2cc(-c3cc(N(c4ccccc4)c4ccc5c(c4)Cc4ccccc4-5)cc(N(c4ccccc4)c4ccc5c(c4)Cc4ccccc4-5)c3)cc(N(c3ccccc3)c3ccc4c(c3)Cc3ccccc3-4)c2)c2ccc3c(c2)Cc2ccccc2-3)cc1. The van der Waals surface area contributed by atoms with Crippen molar-refractivity contribution < 1.29 is 0 Å². The lowest BCUT2D eigenvalue weighted by molar-refractivity contribution is 1.21. The zero-order valence-electron chi connectivity index (χ0n) is 50.8. The van der Waals surface area contributed by atoms with E-state index in [9.17, 15) is 0 Å². The minimum absolute atomic E-state index is 0.886. The second kappa shape index (κ2) is 22.1. The molecule has 0 saturated carbocycles. The number of para-hydroxylation sites is 4. The van der Waals surface area contributed by atoms with E-state index in [0.717, 1.165) is 105 Å². The van der Waals surface area contributed by atoms with Gasteiger partial charge < -0.3 is 19.6 Å². The number of anilines is 12. The van der Waals surface area contributed by atoms with Crippen molar-refractivity contribution in [3.05, 3.63) is 372 Å². The third kappa shape index (κ3) is 9.29. The first kappa shape index (κ1) is 53.3. The number of rotatable bonds is 13. The molecular weight excluding hydrogens is 1110 g/mol. The van der Waals surface area contributed by atoms with Gasteiger partial charge in [-0.05, 0) is 259 Å². The third-order valence-corrected chi connectivity index (χ3v) is 19.4. The van der Waals surface area contributed by atoms with E-state index in [4.69, 9.17) is 0 Å². The molecule has 0 heterocycles. The summed E-state index contributed by atoms with van der Waals surface area (Å²) in [5.74, 6) is 0. The van der Waals surface area contributed by atoms with Crippen LogP contribution >= 0.6 is 0 Å². The molecule has 4 heteroatoms. The van der Waals surface area contributed by atoms with Gasteiger partial charge in [0.05, 0.1) is 0 Å². The highest BCUT2D eigenvalue weighted by atomic mass is 15.2. The molecule has 18 rings (SSSR count). The molecule has 0 unspecified atom stereocenters. The first-order valence-electron chi connectivity index (χ1n) is 32.1. The molecule has 0 saturated heterocycles. The van der Waals surface area contributed by atoms with Gasteiger partial charge in [0.25, 0.3) is 0 Å². The van der Waals surface area contributed by atoms with Gasteiger partial charge in [-0.15, -0.1) is 0 Å². The summed E-state index contributed by atoms with van der Waals surface area (Å²) in [5, 5.41) is 0. The van der Waals surface area contributed by atoms with Crippen LogP contribution < -0.4 is 19.6 Å². The molecule has 0 aliphatic heterocycles. The molecular formula is C88H62N4. The molecule has 0 amide bonds. The fourth-order valence-electron chi connectivity index (χ4n) is 15.2. The van der Waals surface area contributed by atoms with Gasteiger partial charge in [-0.25, -0.2) is 0 Å². The number of hydrogen-bond donors (Lipinski definition) is 0. The molecule has 0 bridgehead atoms. The van der Waals surface area contributed by atoms with Crippen molar-refractivity contribution in [1.82, 2.24) is 0 Å². The van der Waals surface area contributed by atoms with Crippen LogP contribution in [0.4, 0.5) is 68.2 Å². The predicted octanol–water partition coefficient (Wildman–Crippen LogP) is 23.5. The summed E-state index contributed by atoms with van der Waals surface area (Å²) in [7, 11) is 0. The summed E-state index contributed by atoms with van der Waals surface area (Å²) >= 11 is 0. The van der Waals surface area contributed by atoms with E-state index in [2.05, 4.69) is 347 Å². The van der Waals surface area contributed by atoms with Gasteiger partial charge in [0.15, 0.2) is 0 Å². The molecule has 434 valence electrons. The maximum absolute atomic E-state index is 2.47. The van der Waals surface area contributed by atoms with Crippen LogP contribution in [-0.2, 0) is 25.7 Å². The first-order chi connectivity index (χ1) is 45.6. The van der Waals surface area contributed by atoms with Gasteiger partial charge in [-0.2, -0.15) is 0 Å². The maximum atomic E-state index is 2.47. The number of hydrogen-bond acceptors (Lipinski definition) is 4. The molecule has 0 fully saturated rings. The Morgan fingerprint density at radius 3 is 0.587 bits per heavy atom. The monoisotopic (exact) mass is 1170 g/mol. The highest BCUT2D eigenvalue weighted by Crippen LogP contribution is 2.51. The van der Waals surface area contributed by atoms with Crippen molar-refractivity contribution in [2.45, 2.75) is 25.7 Å². The van der Waals surface area contributed by atoms with Crippen LogP contribution in [-0.4, -0.2) is 0 Å². The van der Waals surface area contributed by atoms with Crippen LogP contribution in [0, 0.1) is 0 Å². The summed E-state index contributed by atoms with van der Waals surface area (Å²) in [6, 6.07) is 122. The van der Waals surface area contributed by atoms with E-state index in [1.165, 1.54) is 89.0 Å². The Morgan fingerprint density at radius 1 is 0.141 bits per heavy atom. The Kier molecular flexibility index (Phi) is 12.8. The summed E-state index contributed by atoms with van der Waals surface area (Å²) in [6.45, 7) is 0. The van der Waals surface area contributed by atoms with E-state index in [1.807, 2.05) is 0 Å². The Morgan fingerprint density at radius 2 is 0.348 bits per heavy atom. The molecule has 14 aromatic carbocycles. The smallest absolute Gasteiger partial charge is 0.0488 e. The molecule has 4 nitrogen and oxygen atoms in total. The fraction of sp³-hybridized carbons (Fsp3) is 0.0455. The lowest BCUT2D eigenvalue weighted by atomic mass is 9.98. The Hall–Kier alpha value is -11.7.